The average Bonchev–Trinajstić information content (AvgIpc) is 2.56. The van der Waals surface area contributed by atoms with Crippen LogP contribution >= 0.6 is 0 Å². The van der Waals surface area contributed by atoms with Gasteiger partial charge >= 0.3 is 12.6 Å². The van der Waals surface area contributed by atoms with Crippen LogP contribution in [-0.2, 0) is 20.7 Å². The quantitative estimate of drug-likeness (QED) is 0.779. The van der Waals surface area contributed by atoms with E-state index in [-0.39, 0.29) is 12.2 Å². The van der Waals surface area contributed by atoms with Crippen LogP contribution in [0.4, 0.5) is 14.5 Å². The van der Waals surface area contributed by atoms with Crippen molar-refractivity contribution in [3.63, 3.8) is 0 Å². The molecule has 7 heteroatoms. The molecule has 0 aliphatic rings. The summed E-state index contributed by atoms with van der Waals surface area (Å²) in [4.78, 5) is 23.4. The molecule has 0 heterocycles. The Morgan fingerprint density at radius 2 is 1.68 bits per heavy atom. The zero-order valence-electron chi connectivity index (χ0n) is 13.5. The number of carbonyl (C=O) groups excluding carboxylic acids is 2. The standard InChI is InChI=1S/C18H17F2NO4/c1-12-2-4-13(5-3-12)10-17(23)24-11-16(22)21-14-6-8-15(9-7-14)25-18(19)20/h2-9,18H,10-11H2,1H3,(H,21,22). The minimum Gasteiger partial charge on any atom is -0.455 e. The fourth-order valence-electron chi connectivity index (χ4n) is 1.99. The van der Waals surface area contributed by atoms with E-state index in [2.05, 4.69) is 10.1 Å². The molecule has 0 spiro atoms. The van der Waals surface area contributed by atoms with Crippen molar-refractivity contribution in [1.82, 2.24) is 0 Å². The number of aryl methyl sites for hydroxylation is 1. The summed E-state index contributed by atoms with van der Waals surface area (Å²) in [5.74, 6) is -1.06. The van der Waals surface area contributed by atoms with E-state index in [0.717, 1.165) is 11.1 Å². The molecule has 2 rings (SSSR count). The van der Waals surface area contributed by atoms with Gasteiger partial charge in [0.1, 0.15) is 5.75 Å². The molecule has 2 aromatic rings. The van der Waals surface area contributed by atoms with Crippen LogP contribution in [0.15, 0.2) is 48.5 Å². The molecule has 25 heavy (non-hydrogen) atoms. The molecule has 5 nitrogen and oxygen atoms in total. The van der Waals surface area contributed by atoms with Crippen molar-refractivity contribution in [2.24, 2.45) is 0 Å². The number of nitrogens with one attached hydrogen (secondary N) is 1. The molecule has 0 atom stereocenters. The molecule has 0 bridgehead atoms. The lowest BCUT2D eigenvalue weighted by molar-refractivity contribution is -0.146. The van der Waals surface area contributed by atoms with Crippen LogP contribution in [0.1, 0.15) is 11.1 Å². The van der Waals surface area contributed by atoms with Crippen LogP contribution < -0.4 is 10.1 Å². The minimum absolute atomic E-state index is 0.0162. The van der Waals surface area contributed by atoms with Gasteiger partial charge in [-0.15, -0.1) is 0 Å². The maximum atomic E-state index is 12.0. The van der Waals surface area contributed by atoms with Gasteiger partial charge in [-0.1, -0.05) is 29.8 Å². The highest BCUT2D eigenvalue weighted by molar-refractivity contribution is 5.92. The van der Waals surface area contributed by atoms with Gasteiger partial charge in [0.25, 0.3) is 5.91 Å². The lowest BCUT2D eigenvalue weighted by Gasteiger charge is -2.08. The summed E-state index contributed by atoms with van der Waals surface area (Å²) in [5.41, 5.74) is 2.26. The summed E-state index contributed by atoms with van der Waals surface area (Å²) in [5, 5.41) is 2.49. The molecule has 132 valence electrons. The van der Waals surface area contributed by atoms with Crippen molar-refractivity contribution in [3.05, 3.63) is 59.7 Å². The third kappa shape index (κ3) is 6.58. The van der Waals surface area contributed by atoms with E-state index in [9.17, 15) is 18.4 Å². The second-order valence-electron chi connectivity index (χ2n) is 5.27. The molecule has 0 radical (unpaired) electrons. The van der Waals surface area contributed by atoms with Crippen LogP contribution in [-0.4, -0.2) is 25.1 Å². The molecule has 0 unspecified atom stereocenters. The lowest BCUT2D eigenvalue weighted by Crippen LogP contribution is -2.21. The average molecular weight is 349 g/mol. The normalized spacial score (nSPS) is 10.4. The van der Waals surface area contributed by atoms with Crippen LogP contribution in [0.5, 0.6) is 5.75 Å². The van der Waals surface area contributed by atoms with Crippen molar-refractivity contribution in [2.75, 3.05) is 11.9 Å². The molecule has 2 aromatic carbocycles. The predicted octanol–water partition coefficient (Wildman–Crippen LogP) is 3.32. The Bertz CT molecular complexity index is 715. The van der Waals surface area contributed by atoms with Gasteiger partial charge in [-0.05, 0) is 36.8 Å². The van der Waals surface area contributed by atoms with Gasteiger partial charge in [0.2, 0.25) is 0 Å². The summed E-state index contributed by atoms with van der Waals surface area (Å²) < 4.78 is 33.2. The van der Waals surface area contributed by atoms with Gasteiger partial charge in [0.15, 0.2) is 6.61 Å². The first kappa shape index (κ1) is 18.4. The first-order chi connectivity index (χ1) is 11.9. The molecule has 0 fully saturated rings. The number of carbonyl (C=O) groups is 2. The zero-order valence-corrected chi connectivity index (χ0v) is 13.5. The van der Waals surface area contributed by atoms with Gasteiger partial charge in [-0.2, -0.15) is 8.78 Å². The minimum atomic E-state index is -2.91. The topological polar surface area (TPSA) is 64.6 Å². The Morgan fingerprint density at radius 3 is 2.28 bits per heavy atom. The summed E-state index contributed by atoms with van der Waals surface area (Å²) >= 11 is 0. The Balaban J connectivity index is 1.76. The molecule has 0 aromatic heterocycles. The summed E-state index contributed by atoms with van der Waals surface area (Å²) in [6.07, 6.45) is 0.0766. The first-order valence-electron chi connectivity index (χ1n) is 7.48. The number of hydrogen-bond donors (Lipinski definition) is 1. The second-order valence-corrected chi connectivity index (χ2v) is 5.27. The van der Waals surface area contributed by atoms with E-state index in [1.54, 1.807) is 0 Å². The lowest BCUT2D eigenvalue weighted by atomic mass is 10.1. The van der Waals surface area contributed by atoms with Crippen LogP contribution in [0.2, 0.25) is 0 Å². The van der Waals surface area contributed by atoms with Crippen molar-refractivity contribution >= 4 is 17.6 Å². The molecular formula is C18H17F2NO4. The predicted molar refractivity (Wildman–Crippen MR) is 87.5 cm³/mol. The SMILES string of the molecule is Cc1ccc(CC(=O)OCC(=O)Nc2ccc(OC(F)F)cc2)cc1. The number of amides is 1. The van der Waals surface area contributed by atoms with E-state index < -0.39 is 25.1 Å². The number of esters is 1. The van der Waals surface area contributed by atoms with Gasteiger partial charge in [0, 0.05) is 5.69 Å². The molecule has 1 N–H and O–H groups in total. The van der Waals surface area contributed by atoms with Crippen molar-refractivity contribution < 1.29 is 27.8 Å². The third-order valence-electron chi connectivity index (χ3n) is 3.20. The molecule has 0 aliphatic heterocycles. The molecule has 0 saturated carbocycles. The Morgan fingerprint density at radius 1 is 1.04 bits per heavy atom. The Kier molecular flexibility index (Phi) is 6.45. The number of anilines is 1. The largest absolute Gasteiger partial charge is 0.455 e. The maximum absolute atomic E-state index is 12.0. The van der Waals surface area contributed by atoms with E-state index in [4.69, 9.17) is 4.74 Å². The highest BCUT2D eigenvalue weighted by Crippen LogP contribution is 2.17. The number of hydrogen-bond acceptors (Lipinski definition) is 4. The fourth-order valence-corrected chi connectivity index (χ4v) is 1.99. The monoisotopic (exact) mass is 349 g/mol. The van der Waals surface area contributed by atoms with Gasteiger partial charge < -0.3 is 14.8 Å². The third-order valence-corrected chi connectivity index (χ3v) is 3.20. The van der Waals surface area contributed by atoms with Crippen molar-refractivity contribution in [3.8, 4) is 5.75 Å². The first-order valence-corrected chi connectivity index (χ1v) is 7.48. The molecule has 1 amide bonds. The number of rotatable bonds is 7. The second kappa shape index (κ2) is 8.77. The van der Waals surface area contributed by atoms with Crippen LogP contribution in [0.3, 0.4) is 0 Å². The number of ether oxygens (including phenoxy) is 2. The summed E-state index contributed by atoms with van der Waals surface area (Å²) in [6, 6.07) is 12.8. The summed E-state index contributed by atoms with van der Waals surface area (Å²) in [6.45, 7) is -1.40. The molecular weight excluding hydrogens is 332 g/mol. The van der Waals surface area contributed by atoms with E-state index >= 15 is 0 Å². The van der Waals surface area contributed by atoms with E-state index in [1.807, 2.05) is 31.2 Å². The van der Waals surface area contributed by atoms with Crippen LogP contribution in [0.25, 0.3) is 0 Å². The molecule has 0 aliphatic carbocycles. The van der Waals surface area contributed by atoms with Crippen LogP contribution in [0, 0.1) is 6.92 Å². The highest BCUT2D eigenvalue weighted by atomic mass is 19.3. The van der Waals surface area contributed by atoms with Gasteiger partial charge in [-0.3, -0.25) is 9.59 Å². The van der Waals surface area contributed by atoms with Gasteiger partial charge in [0.05, 0.1) is 6.42 Å². The van der Waals surface area contributed by atoms with E-state index in [1.165, 1.54) is 24.3 Å². The highest BCUT2D eigenvalue weighted by Gasteiger charge is 2.09. The Labute approximate surface area is 143 Å². The Hall–Kier alpha value is -2.96. The van der Waals surface area contributed by atoms with Gasteiger partial charge in [-0.25, -0.2) is 0 Å². The smallest absolute Gasteiger partial charge is 0.387 e. The summed E-state index contributed by atoms with van der Waals surface area (Å²) in [7, 11) is 0. The maximum Gasteiger partial charge on any atom is 0.387 e. The van der Waals surface area contributed by atoms with Crippen molar-refractivity contribution in [2.45, 2.75) is 20.0 Å². The fraction of sp³-hybridized carbons (Fsp3) is 0.222. The zero-order chi connectivity index (χ0) is 18.2. The van der Waals surface area contributed by atoms with Crippen molar-refractivity contribution in [1.29, 1.82) is 0 Å². The number of benzene rings is 2. The molecule has 0 saturated heterocycles. The number of alkyl halides is 2. The number of halogens is 2. The van der Waals surface area contributed by atoms with E-state index in [0.29, 0.717) is 5.69 Å².